The molecule has 2 rings (SSSR count). The molecule has 0 heterocycles. The van der Waals surface area contributed by atoms with Crippen LogP contribution in [-0.4, -0.2) is 12.5 Å². The zero-order chi connectivity index (χ0) is 15.4. The minimum Gasteiger partial charge on any atom is -0.481 e. The predicted octanol–water partition coefficient (Wildman–Crippen LogP) is 4.29. The lowest BCUT2D eigenvalue weighted by atomic mass is 10.3. The van der Waals surface area contributed by atoms with E-state index in [-0.39, 0.29) is 5.75 Å². The van der Waals surface area contributed by atoms with Crippen LogP contribution in [0.25, 0.3) is 0 Å². The molecule has 21 heavy (non-hydrogen) atoms. The molecule has 1 N–H and O–H groups in total. The van der Waals surface area contributed by atoms with E-state index >= 15 is 0 Å². The standard InChI is InChI=1S/C14H9Cl2F2NO2/c15-8-1-3-10(16)12(5-8)19-14(20)7-21-13-4-2-9(17)6-11(13)18/h1-6H,7H2,(H,19,20). The lowest BCUT2D eigenvalue weighted by Crippen LogP contribution is -2.20. The van der Waals surface area contributed by atoms with Crippen molar-refractivity contribution in [3.63, 3.8) is 0 Å². The maximum atomic E-state index is 13.3. The molecule has 0 fully saturated rings. The number of halogens is 4. The fraction of sp³-hybridized carbons (Fsp3) is 0.0714. The largest absolute Gasteiger partial charge is 0.481 e. The van der Waals surface area contributed by atoms with E-state index in [9.17, 15) is 13.6 Å². The number of nitrogens with one attached hydrogen (secondary N) is 1. The molecule has 0 atom stereocenters. The molecule has 0 aliphatic rings. The third-order valence-corrected chi connectivity index (χ3v) is 3.02. The van der Waals surface area contributed by atoms with Gasteiger partial charge in [0.2, 0.25) is 0 Å². The summed E-state index contributed by atoms with van der Waals surface area (Å²) < 4.78 is 31.0. The average molecular weight is 332 g/mol. The fourth-order valence-corrected chi connectivity index (χ4v) is 1.85. The van der Waals surface area contributed by atoms with Gasteiger partial charge in [0.25, 0.3) is 5.91 Å². The van der Waals surface area contributed by atoms with Gasteiger partial charge in [0.05, 0.1) is 10.7 Å². The van der Waals surface area contributed by atoms with E-state index < -0.39 is 24.1 Å². The molecule has 2 aromatic rings. The number of amides is 1. The number of benzene rings is 2. The van der Waals surface area contributed by atoms with E-state index in [0.717, 1.165) is 12.1 Å². The minimum absolute atomic E-state index is 0.219. The van der Waals surface area contributed by atoms with Gasteiger partial charge in [0, 0.05) is 11.1 Å². The van der Waals surface area contributed by atoms with Gasteiger partial charge >= 0.3 is 0 Å². The lowest BCUT2D eigenvalue weighted by Gasteiger charge is -2.09. The Labute approximate surface area is 129 Å². The molecular weight excluding hydrogens is 323 g/mol. The quantitative estimate of drug-likeness (QED) is 0.907. The number of hydrogen-bond acceptors (Lipinski definition) is 2. The first-order valence-electron chi connectivity index (χ1n) is 5.78. The Morgan fingerprint density at radius 3 is 2.62 bits per heavy atom. The molecule has 7 heteroatoms. The van der Waals surface area contributed by atoms with Gasteiger partial charge in [-0.05, 0) is 30.3 Å². The van der Waals surface area contributed by atoms with Gasteiger partial charge in [-0.2, -0.15) is 0 Å². The van der Waals surface area contributed by atoms with Crippen molar-refractivity contribution in [1.29, 1.82) is 0 Å². The SMILES string of the molecule is O=C(COc1ccc(F)cc1F)Nc1cc(Cl)ccc1Cl. The molecule has 0 aliphatic heterocycles. The first kappa shape index (κ1) is 15.5. The summed E-state index contributed by atoms with van der Waals surface area (Å²) in [7, 11) is 0. The van der Waals surface area contributed by atoms with Crippen molar-refractivity contribution in [3.8, 4) is 5.75 Å². The fourth-order valence-electron chi connectivity index (χ4n) is 1.52. The first-order valence-corrected chi connectivity index (χ1v) is 6.54. The number of hydrogen-bond donors (Lipinski definition) is 1. The van der Waals surface area contributed by atoms with E-state index in [4.69, 9.17) is 27.9 Å². The summed E-state index contributed by atoms with van der Waals surface area (Å²) in [6.45, 7) is -0.453. The van der Waals surface area contributed by atoms with Crippen molar-refractivity contribution in [2.24, 2.45) is 0 Å². The van der Waals surface area contributed by atoms with Crippen molar-refractivity contribution in [1.82, 2.24) is 0 Å². The maximum Gasteiger partial charge on any atom is 0.262 e. The van der Waals surface area contributed by atoms with Crippen molar-refractivity contribution < 1.29 is 18.3 Å². The highest BCUT2D eigenvalue weighted by molar-refractivity contribution is 6.35. The minimum atomic E-state index is -0.886. The van der Waals surface area contributed by atoms with Crippen LogP contribution in [0, 0.1) is 11.6 Å². The smallest absolute Gasteiger partial charge is 0.262 e. The Morgan fingerprint density at radius 1 is 1.14 bits per heavy atom. The van der Waals surface area contributed by atoms with E-state index in [1.54, 1.807) is 6.07 Å². The molecular formula is C14H9Cl2F2NO2. The molecule has 0 bridgehead atoms. The second kappa shape index (κ2) is 6.74. The summed E-state index contributed by atoms with van der Waals surface area (Å²) in [5.41, 5.74) is 0.317. The Balaban J connectivity index is 1.97. The third kappa shape index (κ3) is 4.31. The first-order chi connectivity index (χ1) is 9.95. The average Bonchev–Trinajstić information content (AvgIpc) is 2.42. The van der Waals surface area contributed by atoms with Gasteiger partial charge in [0.1, 0.15) is 5.82 Å². The Bertz CT molecular complexity index is 680. The highest BCUT2D eigenvalue weighted by Gasteiger charge is 2.10. The molecule has 2 aromatic carbocycles. The predicted molar refractivity (Wildman–Crippen MR) is 76.9 cm³/mol. The van der Waals surface area contributed by atoms with Crippen LogP contribution in [-0.2, 0) is 4.79 Å². The summed E-state index contributed by atoms with van der Waals surface area (Å²) in [5.74, 6) is -2.38. The molecule has 0 radical (unpaired) electrons. The molecule has 0 aromatic heterocycles. The molecule has 0 unspecified atom stereocenters. The van der Waals surface area contributed by atoms with Crippen LogP contribution in [0.3, 0.4) is 0 Å². The van der Waals surface area contributed by atoms with Gasteiger partial charge < -0.3 is 10.1 Å². The van der Waals surface area contributed by atoms with E-state index in [2.05, 4.69) is 5.32 Å². The zero-order valence-electron chi connectivity index (χ0n) is 10.5. The van der Waals surface area contributed by atoms with Crippen LogP contribution in [0.2, 0.25) is 10.0 Å². The van der Waals surface area contributed by atoms with E-state index in [1.165, 1.54) is 12.1 Å². The number of rotatable bonds is 4. The summed E-state index contributed by atoms with van der Waals surface area (Å²) >= 11 is 11.7. The molecule has 0 saturated heterocycles. The van der Waals surface area contributed by atoms with Gasteiger partial charge in [-0.25, -0.2) is 8.78 Å². The third-order valence-electron chi connectivity index (χ3n) is 2.46. The molecule has 3 nitrogen and oxygen atoms in total. The lowest BCUT2D eigenvalue weighted by molar-refractivity contribution is -0.118. The molecule has 0 aliphatic carbocycles. The zero-order valence-corrected chi connectivity index (χ0v) is 12.0. The van der Waals surface area contributed by atoms with Crippen LogP contribution in [0.15, 0.2) is 36.4 Å². The molecule has 0 saturated carbocycles. The van der Waals surface area contributed by atoms with E-state index in [1.807, 2.05) is 0 Å². The highest BCUT2D eigenvalue weighted by atomic mass is 35.5. The van der Waals surface area contributed by atoms with Crippen molar-refractivity contribution in [3.05, 3.63) is 58.1 Å². The summed E-state index contributed by atoms with van der Waals surface area (Å²) in [6.07, 6.45) is 0. The van der Waals surface area contributed by atoms with Gasteiger partial charge in [-0.15, -0.1) is 0 Å². The van der Waals surface area contributed by atoms with E-state index in [0.29, 0.717) is 21.8 Å². The Hall–Kier alpha value is -1.85. The second-order valence-electron chi connectivity index (χ2n) is 4.04. The van der Waals surface area contributed by atoms with Gasteiger partial charge in [-0.1, -0.05) is 23.2 Å². The van der Waals surface area contributed by atoms with Crippen LogP contribution >= 0.6 is 23.2 Å². The monoisotopic (exact) mass is 331 g/mol. The topological polar surface area (TPSA) is 38.3 Å². The maximum absolute atomic E-state index is 13.3. The number of ether oxygens (including phenoxy) is 1. The molecule has 1 amide bonds. The van der Waals surface area contributed by atoms with Gasteiger partial charge in [0.15, 0.2) is 18.2 Å². The van der Waals surface area contributed by atoms with Crippen molar-refractivity contribution in [2.75, 3.05) is 11.9 Å². The molecule has 110 valence electrons. The van der Waals surface area contributed by atoms with Crippen molar-refractivity contribution >= 4 is 34.8 Å². The summed E-state index contributed by atoms with van der Waals surface area (Å²) in [4.78, 5) is 11.7. The summed E-state index contributed by atoms with van der Waals surface area (Å²) in [5, 5.41) is 3.18. The van der Waals surface area contributed by atoms with Crippen molar-refractivity contribution in [2.45, 2.75) is 0 Å². The van der Waals surface area contributed by atoms with Crippen LogP contribution in [0.4, 0.5) is 14.5 Å². The summed E-state index contributed by atoms with van der Waals surface area (Å²) in [6, 6.07) is 7.37. The Kier molecular flexibility index (Phi) is 4.98. The normalized spacial score (nSPS) is 10.3. The van der Waals surface area contributed by atoms with Crippen LogP contribution in [0.5, 0.6) is 5.75 Å². The number of carbonyl (C=O) groups is 1. The highest BCUT2D eigenvalue weighted by Crippen LogP contribution is 2.25. The Morgan fingerprint density at radius 2 is 1.90 bits per heavy atom. The van der Waals surface area contributed by atoms with Gasteiger partial charge in [-0.3, -0.25) is 4.79 Å². The second-order valence-corrected chi connectivity index (χ2v) is 4.88. The number of anilines is 1. The van der Waals surface area contributed by atoms with Crippen LogP contribution in [0.1, 0.15) is 0 Å². The van der Waals surface area contributed by atoms with Crippen LogP contribution < -0.4 is 10.1 Å². The number of carbonyl (C=O) groups excluding carboxylic acids is 1. The molecule has 0 spiro atoms.